The molecule has 7 heteroatoms. The van der Waals surface area contributed by atoms with Crippen molar-refractivity contribution in [1.82, 2.24) is 0 Å². The second-order valence-corrected chi connectivity index (χ2v) is 6.02. The maximum absolute atomic E-state index is 13.6. The average Bonchev–Trinajstić information content (AvgIpc) is 2.97. The van der Waals surface area contributed by atoms with Gasteiger partial charge in [0.2, 0.25) is 5.76 Å². The van der Waals surface area contributed by atoms with E-state index in [4.69, 9.17) is 8.83 Å². The third-order valence-corrected chi connectivity index (χ3v) is 4.45. The van der Waals surface area contributed by atoms with Crippen molar-refractivity contribution >= 4 is 11.0 Å². The van der Waals surface area contributed by atoms with Crippen LogP contribution in [0.15, 0.2) is 37.9 Å². The lowest BCUT2D eigenvalue weighted by Crippen LogP contribution is -2.10. The molecule has 0 amide bonds. The van der Waals surface area contributed by atoms with Gasteiger partial charge in [0.25, 0.3) is 0 Å². The summed E-state index contributed by atoms with van der Waals surface area (Å²) >= 11 is 0. The summed E-state index contributed by atoms with van der Waals surface area (Å²) in [5.41, 5.74) is -1.04. The number of fused-ring (bicyclic) bond motifs is 3. The number of para-hydroxylation sites is 1. The van der Waals surface area contributed by atoms with E-state index in [2.05, 4.69) is 0 Å². The number of phenolic OH excluding ortho intramolecular Hbond substituents is 1. The summed E-state index contributed by atoms with van der Waals surface area (Å²) in [5, 5.41) is 9.75. The van der Waals surface area contributed by atoms with Gasteiger partial charge in [-0.25, -0.2) is 4.79 Å². The van der Waals surface area contributed by atoms with E-state index in [0.717, 1.165) is 12.8 Å². The number of rotatable bonds is 1. The van der Waals surface area contributed by atoms with E-state index >= 15 is 0 Å². The molecule has 0 radical (unpaired) electrons. The van der Waals surface area contributed by atoms with Crippen molar-refractivity contribution in [3.63, 3.8) is 0 Å². The van der Waals surface area contributed by atoms with Gasteiger partial charge in [-0.15, -0.1) is 0 Å². The third kappa shape index (κ3) is 2.42. The SMILES string of the molecule is O=c1oc2c(c3oc(C(F)(F)F)c(-c4ccccc4O)c13)CCCC2. The Kier molecular flexibility index (Phi) is 3.42. The number of hydrogen-bond acceptors (Lipinski definition) is 4. The van der Waals surface area contributed by atoms with Crippen molar-refractivity contribution < 1.29 is 27.1 Å². The van der Waals surface area contributed by atoms with Crippen molar-refractivity contribution in [2.45, 2.75) is 31.9 Å². The van der Waals surface area contributed by atoms with Crippen molar-refractivity contribution in [2.75, 3.05) is 0 Å². The molecule has 2 heterocycles. The molecular weight excluding hydrogens is 337 g/mol. The fraction of sp³-hybridized carbons (Fsp3) is 0.278. The maximum Gasteiger partial charge on any atom is 0.450 e. The third-order valence-electron chi connectivity index (χ3n) is 4.45. The highest BCUT2D eigenvalue weighted by Crippen LogP contribution is 2.46. The van der Waals surface area contributed by atoms with Crippen LogP contribution in [0.4, 0.5) is 13.2 Å². The van der Waals surface area contributed by atoms with E-state index in [1.807, 2.05) is 0 Å². The van der Waals surface area contributed by atoms with Crippen molar-refractivity contribution in [2.24, 2.45) is 0 Å². The molecule has 0 saturated carbocycles. The minimum Gasteiger partial charge on any atom is -0.507 e. The molecule has 0 aliphatic heterocycles. The van der Waals surface area contributed by atoms with Crippen molar-refractivity contribution in [3.8, 4) is 16.9 Å². The van der Waals surface area contributed by atoms with Gasteiger partial charge in [0.1, 0.15) is 22.5 Å². The van der Waals surface area contributed by atoms with Gasteiger partial charge in [-0.2, -0.15) is 13.2 Å². The number of aryl methyl sites for hydroxylation is 2. The van der Waals surface area contributed by atoms with E-state index in [9.17, 15) is 23.1 Å². The Morgan fingerprint density at radius 3 is 2.48 bits per heavy atom. The Labute approximate surface area is 139 Å². The van der Waals surface area contributed by atoms with Crippen LogP contribution in [0.3, 0.4) is 0 Å². The van der Waals surface area contributed by atoms with Crippen LogP contribution in [0.2, 0.25) is 0 Å². The first-order valence-electron chi connectivity index (χ1n) is 7.85. The number of hydrogen-bond donors (Lipinski definition) is 1. The number of alkyl halides is 3. The van der Waals surface area contributed by atoms with Crippen LogP contribution in [-0.4, -0.2) is 5.11 Å². The van der Waals surface area contributed by atoms with Gasteiger partial charge in [-0.3, -0.25) is 0 Å². The van der Waals surface area contributed by atoms with E-state index in [-0.39, 0.29) is 22.3 Å². The lowest BCUT2D eigenvalue weighted by molar-refractivity contribution is -0.151. The summed E-state index contributed by atoms with van der Waals surface area (Å²) in [5.74, 6) is -1.28. The molecule has 0 unspecified atom stereocenters. The molecule has 0 bridgehead atoms. The summed E-state index contributed by atoms with van der Waals surface area (Å²) in [6, 6.07) is 5.54. The summed E-state index contributed by atoms with van der Waals surface area (Å²) in [7, 11) is 0. The molecule has 0 saturated heterocycles. The minimum absolute atomic E-state index is 0.0865. The Morgan fingerprint density at radius 1 is 1.04 bits per heavy atom. The Bertz CT molecular complexity index is 1030. The summed E-state index contributed by atoms with van der Waals surface area (Å²) in [6.07, 6.45) is -2.25. The monoisotopic (exact) mass is 350 g/mol. The van der Waals surface area contributed by atoms with Gasteiger partial charge < -0.3 is 13.9 Å². The van der Waals surface area contributed by atoms with Crippen LogP contribution in [-0.2, 0) is 19.0 Å². The van der Waals surface area contributed by atoms with Gasteiger partial charge in [0.15, 0.2) is 0 Å². The van der Waals surface area contributed by atoms with Crippen LogP contribution < -0.4 is 5.63 Å². The molecule has 25 heavy (non-hydrogen) atoms. The zero-order valence-electron chi connectivity index (χ0n) is 12.9. The highest BCUT2D eigenvalue weighted by molar-refractivity contribution is 5.98. The first kappa shape index (κ1) is 15.8. The quantitative estimate of drug-likeness (QED) is 0.693. The zero-order chi connectivity index (χ0) is 17.8. The smallest absolute Gasteiger partial charge is 0.450 e. The first-order chi connectivity index (χ1) is 11.9. The topological polar surface area (TPSA) is 63.6 Å². The van der Waals surface area contributed by atoms with Crippen LogP contribution in [0.1, 0.15) is 29.9 Å². The summed E-state index contributed by atoms with van der Waals surface area (Å²) < 4.78 is 51.1. The van der Waals surface area contributed by atoms with E-state index in [1.54, 1.807) is 0 Å². The molecule has 1 aliphatic carbocycles. The lowest BCUT2D eigenvalue weighted by atomic mass is 9.94. The predicted octanol–water partition coefficient (Wildman–Crippen LogP) is 4.66. The van der Waals surface area contributed by atoms with E-state index in [0.29, 0.717) is 24.2 Å². The molecule has 0 spiro atoms. The number of phenols is 1. The van der Waals surface area contributed by atoms with Crippen molar-refractivity contribution in [3.05, 3.63) is 51.8 Å². The molecule has 4 nitrogen and oxygen atoms in total. The molecule has 1 N–H and O–H groups in total. The molecule has 4 rings (SSSR count). The molecule has 3 aromatic rings. The number of furan rings is 1. The molecule has 0 fully saturated rings. The molecule has 0 atom stereocenters. The predicted molar refractivity (Wildman–Crippen MR) is 83.5 cm³/mol. The number of benzene rings is 1. The molecule has 130 valence electrons. The summed E-state index contributed by atoms with van der Waals surface area (Å²) in [4.78, 5) is 12.4. The standard InChI is InChI=1S/C18H13F3O4/c19-18(20,21)16-13(9-5-1-3-7-11(9)22)14-15(25-16)10-6-2-4-8-12(10)24-17(14)23/h1,3,5,7,22H,2,4,6,8H2. The molecule has 1 aromatic carbocycles. The minimum atomic E-state index is -4.81. The highest BCUT2D eigenvalue weighted by Gasteiger charge is 2.42. The van der Waals surface area contributed by atoms with Crippen LogP contribution in [0.5, 0.6) is 5.75 Å². The summed E-state index contributed by atoms with van der Waals surface area (Å²) in [6.45, 7) is 0. The van der Waals surface area contributed by atoms with Gasteiger partial charge in [0.05, 0.1) is 5.56 Å². The van der Waals surface area contributed by atoms with E-state index < -0.39 is 23.1 Å². The Balaban J connectivity index is 2.17. The fourth-order valence-electron chi connectivity index (χ4n) is 3.37. The second-order valence-electron chi connectivity index (χ2n) is 6.02. The van der Waals surface area contributed by atoms with Gasteiger partial charge in [-0.05, 0) is 25.3 Å². The number of halogens is 3. The average molecular weight is 350 g/mol. The highest BCUT2D eigenvalue weighted by atomic mass is 19.4. The van der Waals surface area contributed by atoms with Crippen molar-refractivity contribution in [1.29, 1.82) is 0 Å². The van der Waals surface area contributed by atoms with Gasteiger partial charge in [-0.1, -0.05) is 18.2 Å². The van der Waals surface area contributed by atoms with Crippen LogP contribution in [0, 0.1) is 0 Å². The van der Waals surface area contributed by atoms with E-state index in [1.165, 1.54) is 24.3 Å². The zero-order valence-corrected chi connectivity index (χ0v) is 12.9. The Morgan fingerprint density at radius 2 is 1.76 bits per heavy atom. The van der Waals surface area contributed by atoms with Crippen LogP contribution >= 0.6 is 0 Å². The maximum atomic E-state index is 13.6. The normalized spacial score (nSPS) is 14.7. The molecule has 1 aliphatic rings. The Hall–Kier alpha value is -2.70. The first-order valence-corrected chi connectivity index (χ1v) is 7.85. The van der Waals surface area contributed by atoms with Gasteiger partial charge >= 0.3 is 11.8 Å². The lowest BCUT2D eigenvalue weighted by Gasteiger charge is -2.13. The molecular formula is C18H13F3O4. The second kappa shape index (κ2) is 5.40. The van der Waals surface area contributed by atoms with Gasteiger partial charge in [0, 0.05) is 17.5 Å². The largest absolute Gasteiger partial charge is 0.507 e. The number of aromatic hydroxyl groups is 1. The molecule has 2 aromatic heterocycles. The fourth-order valence-corrected chi connectivity index (χ4v) is 3.37. The van der Waals surface area contributed by atoms with Crippen LogP contribution in [0.25, 0.3) is 22.1 Å².